The molecule has 0 atom stereocenters. The number of fused-ring (bicyclic) bond motifs is 1. The van der Waals surface area contributed by atoms with E-state index in [0.717, 1.165) is 12.3 Å². The summed E-state index contributed by atoms with van der Waals surface area (Å²) in [5.41, 5.74) is -0.377. The lowest BCUT2D eigenvalue weighted by Crippen LogP contribution is -2.39. The number of rotatable bonds is 6. The molecule has 0 saturated heterocycles. The molecule has 0 bridgehead atoms. The van der Waals surface area contributed by atoms with E-state index in [2.05, 4.69) is 15.3 Å². The van der Waals surface area contributed by atoms with Gasteiger partial charge in [0.05, 0.1) is 45.6 Å². The van der Waals surface area contributed by atoms with Gasteiger partial charge in [-0.25, -0.2) is 9.78 Å². The topological polar surface area (TPSA) is 91.0 Å². The summed E-state index contributed by atoms with van der Waals surface area (Å²) < 4.78 is 48.6. The van der Waals surface area contributed by atoms with Crippen LogP contribution in [0, 0.1) is 5.92 Å². The first kappa shape index (κ1) is 28.0. The van der Waals surface area contributed by atoms with Crippen molar-refractivity contribution in [3.8, 4) is 11.4 Å². The van der Waals surface area contributed by atoms with E-state index in [9.17, 15) is 22.8 Å². The number of alkyl halides is 3. The number of carbonyl (C=O) groups is 1. The van der Waals surface area contributed by atoms with Gasteiger partial charge in [-0.1, -0.05) is 23.2 Å². The molecule has 3 aromatic heterocycles. The molecule has 1 saturated carbocycles. The third-order valence-electron chi connectivity index (χ3n) is 7.12. The molecule has 40 heavy (non-hydrogen) atoms. The van der Waals surface area contributed by atoms with Gasteiger partial charge in [-0.3, -0.25) is 18.9 Å². The molecular weight excluding hydrogens is 570 g/mol. The molecule has 0 radical (unpaired) electrons. The highest BCUT2D eigenvalue weighted by Crippen LogP contribution is 2.33. The molecule has 1 aromatic carbocycles. The second kappa shape index (κ2) is 11.1. The van der Waals surface area contributed by atoms with E-state index in [1.807, 2.05) is 0 Å². The Kier molecular flexibility index (Phi) is 7.78. The van der Waals surface area contributed by atoms with Crippen molar-refractivity contribution in [2.24, 2.45) is 5.92 Å². The summed E-state index contributed by atoms with van der Waals surface area (Å²) in [4.78, 5) is 33.9. The lowest BCUT2D eigenvalue weighted by molar-refractivity contribution is -0.141. The summed E-state index contributed by atoms with van der Waals surface area (Å²) in [7, 11) is 1.53. The van der Waals surface area contributed by atoms with E-state index in [1.54, 1.807) is 41.2 Å². The highest BCUT2D eigenvalue weighted by molar-refractivity contribution is 6.32. The molecule has 1 aliphatic carbocycles. The fraction of sp³-hybridized carbons (Fsp3) is 0.333. The molecule has 0 spiro atoms. The summed E-state index contributed by atoms with van der Waals surface area (Å²) in [5, 5.41) is 3.02. The van der Waals surface area contributed by atoms with Crippen molar-refractivity contribution in [2.45, 2.75) is 44.4 Å². The maximum Gasteiger partial charge on any atom is 0.434 e. The van der Waals surface area contributed by atoms with Crippen molar-refractivity contribution in [3.05, 3.63) is 80.7 Å². The van der Waals surface area contributed by atoms with Gasteiger partial charge in [-0.05, 0) is 55.9 Å². The van der Waals surface area contributed by atoms with Crippen molar-refractivity contribution >= 4 is 40.1 Å². The van der Waals surface area contributed by atoms with Crippen LogP contribution in [0.3, 0.4) is 0 Å². The van der Waals surface area contributed by atoms with Gasteiger partial charge in [0.1, 0.15) is 5.75 Å². The van der Waals surface area contributed by atoms with Gasteiger partial charge in [-0.2, -0.15) is 13.2 Å². The molecule has 1 amide bonds. The number of ether oxygens (including phenoxy) is 1. The SMILES string of the molecule is COc1ccc(Cl)c(-n2c(=O)n(C[C@H]3CC[C@H](NC(=O)c4cc(Cl)cnc4C(F)(F)F)CC3)c3cnccc32)c1. The second-order valence-electron chi connectivity index (χ2n) is 9.65. The van der Waals surface area contributed by atoms with Gasteiger partial charge < -0.3 is 10.1 Å². The molecular formula is C27H24Cl2F3N5O3. The standard InChI is InChI=1S/C27H24Cl2F3N5O3/c1-40-18-6-7-20(29)22(11-18)37-21-8-9-33-13-23(21)36(26(37)39)14-15-2-4-17(5-3-15)35-25(38)19-10-16(28)12-34-24(19)27(30,31)32/h6-13,15,17H,2-5,14H2,1H3,(H,35,38)/t15-,17-. The number of methoxy groups -OCH3 is 1. The van der Waals surface area contributed by atoms with Gasteiger partial charge in [0.15, 0.2) is 5.69 Å². The number of nitrogens with zero attached hydrogens (tertiary/aromatic N) is 4. The average molecular weight is 594 g/mol. The Morgan fingerprint density at radius 1 is 1.10 bits per heavy atom. The van der Waals surface area contributed by atoms with E-state index in [-0.39, 0.29) is 22.7 Å². The van der Waals surface area contributed by atoms with Crippen molar-refractivity contribution in [1.82, 2.24) is 24.4 Å². The Balaban J connectivity index is 1.33. The number of pyridine rings is 2. The van der Waals surface area contributed by atoms with Crippen LogP contribution in [0.5, 0.6) is 5.75 Å². The first-order valence-corrected chi connectivity index (χ1v) is 13.2. The molecule has 0 unspecified atom stereocenters. The van der Waals surface area contributed by atoms with Crippen LogP contribution in [-0.2, 0) is 12.7 Å². The van der Waals surface area contributed by atoms with E-state index in [0.29, 0.717) is 59.7 Å². The summed E-state index contributed by atoms with van der Waals surface area (Å²) in [6.07, 6.45) is 1.70. The van der Waals surface area contributed by atoms with Crippen molar-refractivity contribution in [2.75, 3.05) is 7.11 Å². The Bertz CT molecular complexity index is 1630. The first-order chi connectivity index (χ1) is 19.1. The Hall–Kier alpha value is -3.57. The van der Waals surface area contributed by atoms with Crippen LogP contribution < -0.4 is 15.7 Å². The maximum absolute atomic E-state index is 13.7. The second-order valence-corrected chi connectivity index (χ2v) is 10.5. The van der Waals surface area contributed by atoms with Gasteiger partial charge in [-0.15, -0.1) is 0 Å². The van der Waals surface area contributed by atoms with E-state index in [4.69, 9.17) is 27.9 Å². The summed E-state index contributed by atoms with van der Waals surface area (Å²) in [5.74, 6) is -0.215. The van der Waals surface area contributed by atoms with Gasteiger partial charge in [0, 0.05) is 31.0 Å². The number of hydrogen-bond acceptors (Lipinski definition) is 5. The highest BCUT2D eigenvalue weighted by atomic mass is 35.5. The van der Waals surface area contributed by atoms with E-state index >= 15 is 0 Å². The van der Waals surface area contributed by atoms with Crippen LogP contribution in [-0.4, -0.2) is 38.2 Å². The maximum atomic E-state index is 13.7. The van der Waals surface area contributed by atoms with Crippen LogP contribution in [0.15, 0.2) is 53.7 Å². The monoisotopic (exact) mass is 593 g/mol. The van der Waals surface area contributed by atoms with Crippen LogP contribution in [0.1, 0.15) is 41.7 Å². The molecule has 13 heteroatoms. The Morgan fingerprint density at radius 2 is 1.85 bits per heavy atom. The number of benzene rings is 1. The summed E-state index contributed by atoms with van der Waals surface area (Å²) in [6.45, 7) is 0.409. The molecule has 1 aliphatic rings. The largest absolute Gasteiger partial charge is 0.497 e. The minimum atomic E-state index is -4.79. The van der Waals surface area contributed by atoms with Gasteiger partial charge >= 0.3 is 11.9 Å². The van der Waals surface area contributed by atoms with Crippen LogP contribution >= 0.6 is 23.2 Å². The van der Waals surface area contributed by atoms with Crippen LogP contribution in [0.2, 0.25) is 10.0 Å². The van der Waals surface area contributed by atoms with Gasteiger partial charge in [0.2, 0.25) is 0 Å². The summed E-state index contributed by atoms with van der Waals surface area (Å²) >= 11 is 12.3. The lowest BCUT2D eigenvalue weighted by atomic mass is 9.85. The predicted molar refractivity (Wildman–Crippen MR) is 144 cm³/mol. The molecule has 0 aliphatic heterocycles. The highest BCUT2D eigenvalue weighted by Gasteiger charge is 2.38. The number of imidazole rings is 1. The summed E-state index contributed by atoms with van der Waals surface area (Å²) in [6, 6.07) is 7.47. The average Bonchev–Trinajstić information content (AvgIpc) is 3.20. The molecule has 1 N–H and O–H groups in total. The minimum absolute atomic E-state index is 0.0591. The zero-order chi connectivity index (χ0) is 28.6. The van der Waals surface area contributed by atoms with E-state index in [1.165, 1.54) is 11.7 Å². The fourth-order valence-electron chi connectivity index (χ4n) is 5.15. The van der Waals surface area contributed by atoms with Crippen LogP contribution in [0.25, 0.3) is 16.7 Å². The van der Waals surface area contributed by atoms with Crippen LogP contribution in [0.4, 0.5) is 13.2 Å². The molecule has 5 rings (SSSR count). The molecule has 1 fully saturated rings. The molecule has 3 heterocycles. The van der Waals surface area contributed by atoms with Crippen molar-refractivity contribution in [1.29, 1.82) is 0 Å². The number of hydrogen-bond donors (Lipinski definition) is 1. The number of carbonyl (C=O) groups excluding carboxylic acids is 1. The molecule has 4 aromatic rings. The number of amides is 1. The quantitative estimate of drug-likeness (QED) is 0.300. The number of halogens is 5. The first-order valence-electron chi connectivity index (χ1n) is 12.5. The minimum Gasteiger partial charge on any atom is -0.497 e. The Labute approximate surface area is 236 Å². The zero-order valence-corrected chi connectivity index (χ0v) is 22.7. The fourth-order valence-corrected chi connectivity index (χ4v) is 5.51. The normalized spacial score (nSPS) is 17.6. The molecule has 210 valence electrons. The molecule has 8 nitrogen and oxygen atoms in total. The number of nitrogens with one attached hydrogen (secondary N) is 1. The zero-order valence-electron chi connectivity index (χ0n) is 21.2. The number of aromatic nitrogens is 4. The smallest absolute Gasteiger partial charge is 0.434 e. The third-order valence-corrected chi connectivity index (χ3v) is 7.64. The Morgan fingerprint density at radius 3 is 2.55 bits per heavy atom. The van der Waals surface area contributed by atoms with Crippen molar-refractivity contribution in [3.63, 3.8) is 0 Å². The lowest BCUT2D eigenvalue weighted by Gasteiger charge is -2.29. The van der Waals surface area contributed by atoms with Crippen molar-refractivity contribution < 1.29 is 22.7 Å². The predicted octanol–water partition coefficient (Wildman–Crippen LogP) is 5.91. The van der Waals surface area contributed by atoms with Gasteiger partial charge in [0.25, 0.3) is 5.91 Å². The third kappa shape index (κ3) is 5.53. The van der Waals surface area contributed by atoms with E-state index < -0.39 is 23.3 Å².